The highest BCUT2D eigenvalue weighted by Crippen LogP contribution is 2.32. The van der Waals surface area contributed by atoms with E-state index in [1.54, 1.807) is 0 Å². The molecule has 76 valence electrons. The lowest BCUT2D eigenvalue weighted by Crippen LogP contribution is -2.16. The van der Waals surface area contributed by atoms with E-state index in [9.17, 15) is 13.2 Å². The predicted molar refractivity (Wildman–Crippen MR) is 47.2 cm³/mol. The Morgan fingerprint density at radius 2 is 1.93 bits per heavy atom. The molecule has 0 saturated carbocycles. The molecule has 0 spiro atoms. The monoisotopic (exact) mass is 202 g/mol. The molecule has 0 atom stereocenters. The Hall–Kier alpha value is -1.52. The van der Waals surface area contributed by atoms with Crippen LogP contribution in [0.4, 0.5) is 13.2 Å². The van der Waals surface area contributed by atoms with E-state index >= 15 is 0 Å². The number of nitrogen functional groups attached to an aromatic ring is 1. The lowest BCUT2D eigenvalue weighted by Gasteiger charge is -2.12. The molecule has 0 saturated heterocycles. The summed E-state index contributed by atoms with van der Waals surface area (Å²) in [6.07, 6.45) is -4.39. The van der Waals surface area contributed by atoms with E-state index in [0.717, 1.165) is 6.07 Å². The Balaban J connectivity index is 3.35. The zero-order valence-corrected chi connectivity index (χ0v) is 7.44. The molecule has 0 aliphatic rings. The van der Waals surface area contributed by atoms with E-state index in [-0.39, 0.29) is 17.0 Å². The highest BCUT2D eigenvalue weighted by Gasteiger charge is 2.32. The SMILES string of the molecule is Cc1c(C(=N)N)cccc1C(F)(F)F. The molecule has 0 amide bonds. The van der Waals surface area contributed by atoms with Gasteiger partial charge in [-0.25, -0.2) is 0 Å². The number of nitrogens with two attached hydrogens (primary N) is 1. The predicted octanol–water partition coefficient (Wildman–Crippen LogP) is 2.30. The minimum atomic E-state index is -4.39. The van der Waals surface area contributed by atoms with Crippen LogP contribution in [0.2, 0.25) is 0 Å². The van der Waals surface area contributed by atoms with Gasteiger partial charge in [0, 0.05) is 5.56 Å². The molecule has 1 aromatic carbocycles. The van der Waals surface area contributed by atoms with Crippen LogP contribution in [0, 0.1) is 12.3 Å². The van der Waals surface area contributed by atoms with Gasteiger partial charge in [0.25, 0.3) is 0 Å². The summed E-state index contributed by atoms with van der Waals surface area (Å²) in [7, 11) is 0. The van der Waals surface area contributed by atoms with E-state index in [0.29, 0.717) is 0 Å². The highest BCUT2D eigenvalue weighted by molar-refractivity contribution is 5.96. The fourth-order valence-electron chi connectivity index (χ4n) is 1.23. The molecule has 0 aliphatic heterocycles. The molecule has 0 heterocycles. The summed E-state index contributed by atoms with van der Waals surface area (Å²) in [6, 6.07) is 3.61. The number of nitrogens with one attached hydrogen (secondary N) is 1. The maximum atomic E-state index is 12.4. The van der Waals surface area contributed by atoms with Crippen molar-refractivity contribution in [3.63, 3.8) is 0 Å². The van der Waals surface area contributed by atoms with Gasteiger partial charge in [-0.1, -0.05) is 12.1 Å². The molecule has 0 bridgehead atoms. The molecule has 1 aromatic rings. The number of benzene rings is 1. The third-order valence-electron chi connectivity index (χ3n) is 1.93. The van der Waals surface area contributed by atoms with Crippen molar-refractivity contribution in [1.29, 1.82) is 5.41 Å². The van der Waals surface area contributed by atoms with Crippen molar-refractivity contribution in [3.05, 3.63) is 34.9 Å². The van der Waals surface area contributed by atoms with Crippen LogP contribution in [0.5, 0.6) is 0 Å². The van der Waals surface area contributed by atoms with Crippen LogP contribution in [-0.2, 0) is 6.18 Å². The number of halogens is 3. The number of alkyl halides is 3. The van der Waals surface area contributed by atoms with E-state index in [2.05, 4.69) is 0 Å². The lowest BCUT2D eigenvalue weighted by atomic mass is 10.0. The largest absolute Gasteiger partial charge is 0.416 e. The average molecular weight is 202 g/mol. The maximum absolute atomic E-state index is 12.4. The van der Waals surface area contributed by atoms with E-state index in [4.69, 9.17) is 11.1 Å². The van der Waals surface area contributed by atoms with Gasteiger partial charge in [0.2, 0.25) is 0 Å². The minimum absolute atomic E-state index is 0.00694. The summed E-state index contributed by atoms with van der Waals surface area (Å²) in [5, 5.41) is 7.09. The molecule has 0 aromatic heterocycles. The van der Waals surface area contributed by atoms with Crippen LogP contribution in [0.1, 0.15) is 16.7 Å². The van der Waals surface area contributed by atoms with Crippen molar-refractivity contribution >= 4 is 5.84 Å². The summed E-state index contributed by atoms with van der Waals surface area (Å²) in [6.45, 7) is 1.31. The molecular weight excluding hydrogens is 193 g/mol. The van der Waals surface area contributed by atoms with Gasteiger partial charge in [-0.2, -0.15) is 13.2 Å². The smallest absolute Gasteiger partial charge is 0.384 e. The van der Waals surface area contributed by atoms with Crippen molar-refractivity contribution in [2.45, 2.75) is 13.1 Å². The topological polar surface area (TPSA) is 49.9 Å². The van der Waals surface area contributed by atoms with Crippen LogP contribution in [0.25, 0.3) is 0 Å². The zero-order chi connectivity index (χ0) is 10.9. The Labute approximate surface area is 79.0 Å². The van der Waals surface area contributed by atoms with Crippen LogP contribution >= 0.6 is 0 Å². The minimum Gasteiger partial charge on any atom is -0.384 e. The molecule has 14 heavy (non-hydrogen) atoms. The Kier molecular flexibility index (Phi) is 2.51. The summed E-state index contributed by atoms with van der Waals surface area (Å²) < 4.78 is 37.1. The van der Waals surface area contributed by atoms with Crippen LogP contribution in [0.3, 0.4) is 0 Å². The molecule has 0 aliphatic carbocycles. The molecular formula is C9H9F3N2. The Morgan fingerprint density at radius 3 is 2.36 bits per heavy atom. The number of rotatable bonds is 1. The zero-order valence-electron chi connectivity index (χ0n) is 7.44. The first kappa shape index (κ1) is 10.6. The average Bonchev–Trinajstić information content (AvgIpc) is 2.01. The Morgan fingerprint density at radius 1 is 1.36 bits per heavy atom. The molecule has 0 fully saturated rings. The van der Waals surface area contributed by atoms with Gasteiger partial charge in [-0.3, -0.25) is 5.41 Å². The fraction of sp³-hybridized carbons (Fsp3) is 0.222. The molecule has 2 nitrogen and oxygen atoms in total. The van der Waals surface area contributed by atoms with Crippen molar-refractivity contribution in [1.82, 2.24) is 0 Å². The maximum Gasteiger partial charge on any atom is 0.416 e. The van der Waals surface area contributed by atoms with Crippen LogP contribution < -0.4 is 5.73 Å². The van der Waals surface area contributed by atoms with Crippen LogP contribution in [0.15, 0.2) is 18.2 Å². The van der Waals surface area contributed by atoms with Crippen LogP contribution in [-0.4, -0.2) is 5.84 Å². The Bertz CT molecular complexity index is 369. The van der Waals surface area contributed by atoms with E-state index < -0.39 is 11.7 Å². The first-order valence-electron chi connectivity index (χ1n) is 3.85. The first-order chi connectivity index (χ1) is 6.34. The molecule has 1 rings (SSSR count). The van der Waals surface area contributed by atoms with Crippen molar-refractivity contribution < 1.29 is 13.2 Å². The van der Waals surface area contributed by atoms with Gasteiger partial charge >= 0.3 is 6.18 Å². The van der Waals surface area contributed by atoms with Gasteiger partial charge in [0.15, 0.2) is 0 Å². The number of hydrogen-bond acceptors (Lipinski definition) is 1. The third kappa shape index (κ3) is 1.86. The second-order valence-electron chi connectivity index (χ2n) is 2.89. The third-order valence-corrected chi connectivity index (χ3v) is 1.93. The van der Waals surface area contributed by atoms with Gasteiger partial charge in [-0.15, -0.1) is 0 Å². The standard InChI is InChI=1S/C9H9F3N2/c1-5-6(8(13)14)3-2-4-7(5)9(10,11)12/h2-4H,1H3,(H3,13,14). The highest BCUT2D eigenvalue weighted by atomic mass is 19.4. The molecule has 0 radical (unpaired) electrons. The van der Waals surface area contributed by atoms with E-state index in [1.165, 1.54) is 19.1 Å². The summed E-state index contributed by atoms with van der Waals surface area (Å²) in [5.74, 6) is -0.353. The van der Waals surface area contributed by atoms with Gasteiger partial charge < -0.3 is 5.73 Å². The second kappa shape index (κ2) is 3.32. The van der Waals surface area contributed by atoms with Crippen molar-refractivity contribution in [2.75, 3.05) is 0 Å². The van der Waals surface area contributed by atoms with Crippen molar-refractivity contribution in [3.8, 4) is 0 Å². The number of amidine groups is 1. The quantitative estimate of drug-likeness (QED) is 0.532. The van der Waals surface area contributed by atoms with Gasteiger partial charge in [0.05, 0.1) is 5.56 Å². The molecule has 0 unspecified atom stereocenters. The summed E-state index contributed by atoms with van der Waals surface area (Å²) >= 11 is 0. The molecule has 3 N–H and O–H groups in total. The normalized spacial score (nSPS) is 11.4. The molecule has 5 heteroatoms. The summed E-state index contributed by atoms with van der Waals surface area (Å²) in [5.41, 5.74) is 4.52. The fourth-order valence-corrected chi connectivity index (χ4v) is 1.23. The number of hydrogen-bond donors (Lipinski definition) is 2. The lowest BCUT2D eigenvalue weighted by molar-refractivity contribution is -0.138. The van der Waals surface area contributed by atoms with Crippen molar-refractivity contribution in [2.24, 2.45) is 5.73 Å². The van der Waals surface area contributed by atoms with Gasteiger partial charge in [-0.05, 0) is 18.6 Å². The van der Waals surface area contributed by atoms with E-state index in [1.807, 2.05) is 0 Å². The summed E-state index contributed by atoms with van der Waals surface area (Å²) in [4.78, 5) is 0. The second-order valence-corrected chi connectivity index (χ2v) is 2.89. The van der Waals surface area contributed by atoms with Gasteiger partial charge in [0.1, 0.15) is 5.84 Å². The first-order valence-corrected chi connectivity index (χ1v) is 3.85.